The lowest BCUT2D eigenvalue weighted by Crippen LogP contribution is -2.47. The third-order valence-electron chi connectivity index (χ3n) is 4.06. The van der Waals surface area contributed by atoms with Crippen molar-refractivity contribution >= 4 is 34.8 Å². The minimum atomic E-state index is -0.730. The van der Waals surface area contributed by atoms with Crippen LogP contribution in [0.15, 0.2) is 23.2 Å². The van der Waals surface area contributed by atoms with E-state index in [1.165, 1.54) is 11.8 Å². The molecule has 0 radical (unpaired) electrons. The molecule has 2 aliphatic rings. The fraction of sp³-hybridized carbons (Fsp3) is 0.412. The van der Waals surface area contributed by atoms with Crippen LogP contribution < -0.4 is 10.1 Å². The molecule has 3 rings (SSSR count). The van der Waals surface area contributed by atoms with Crippen LogP contribution in [0.3, 0.4) is 0 Å². The highest BCUT2D eigenvalue weighted by Crippen LogP contribution is 2.38. The lowest BCUT2D eigenvalue weighted by Gasteiger charge is -2.34. The predicted molar refractivity (Wildman–Crippen MR) is 88.5 cm³/mol. The second kappa shape index (κ2) is 5.74. The van der Waals surface area contributed by atoms with E-state index in [0.29, 0.717) is 22.8 Å². The number of hydrogen-bond donors (Lipinski definition) is 1. The molecule has 3 amide bonds. The molecule has 0 atom stereocenters. The molecule has 126 valence electrons. The van der Waals surface area contributed by atoms with Gasteiger partial charge in [-0.05, 0) is 32.0 Å². The molecule has 0 aromatic heterocycles. The number of imide groups is 1. The number of rotatable bonds is 3. The smallest absolute Gasteiger partial charge is 0.230 e. The third kappa shape index (κ3) is 3.02. The van der Waals surface area contributed by atoms with Crippen LogP contribution in [-0.2, 0) is 14.4 Å². The molecule has 0 aliphatic carbocycles. The van der Waals surface area contributed by atoms with Crippen LogP contribution >= 0.6 is 0 Å². The van der Waals surface area contributed by atoms with E-state index in [2.05, 4.69) is 10.3 Å². The van der Waals surface area contributed by atoms with Crippen molar-refractivity contribution in [2.45, 2.75) is 39.2 Å². The summed E-state index contributed by atoms with van der Waals surface area (Å²) in [5.41, 5.74) is 1.04. The van der Waals surface area contributed by atoms with Gasteiger partial charge in [-0.25, -0.2) is 4.99 Å². The largest absolute Gasteiger partial charge is 0.480 e. The Balaban J connectivity index is 1.93. The summed E-state index contributed by atoms with van der Waals surface area (Å²) in [5, 5.41) is 2.70. The summed E-state index contributed by atoms with van der Waals surface area (Å²) in [6.45, 7) is 5.25. The molecule has 0 bridgehead atoms. The van der Waals surface area contributed by atoms with Crippen molar-refractivity contribution in [1.29, 1.82) is 0 Å². The van der Waals surface area contributed by atoms with Gasteiger partial charge in [0.25, 0.3) is 0 Å². The summed E-state index contributed by atoms with van der Waals surface area (Å²) in [4.78, 5) is 40.7. The first-order valence-electron chi connectivity index (χ1n) is 7.78. The molecular formula is C17H19N3O4. The summed E-state index contributed by atoms with van der Waals surface area (Å²) in [5.74, 6) is 0.0500. The van der Waals surface area contributed by atoms with E-state index in [0.717, 1.165) is 0 Å². The fourth-order valence-corrected chi connectivity index (χ4v) is 2.76. The van der Waals surface area contributed by atoms with Crippen molar-refractivity contribution in [1.82, 2.24) is 4.90 Å². The van der Waals surface area contributed by atoms with Crippen molar-refractivity contribution in [2.75, 3.05) is 11.9 Å². The summed E-state index contributed by atoms with van der Waals surface area (Å²) < 4.78 is 5.98. The normalized spacial score (nSPS) is 18.8. The van der Waals surface area contributed by atoms with Crippen LogP contribution in [0.4, 0.5) is 11.4 Å². The molecule has 24 heavy (non-hydrogen) atoms. The second-order valence-electron chi connectivity index (χ2n) is 6.41. The molecule has 0 spiro atoms. The van der Waals surface area contributed by atoms with Crippen molar-refractivity contribution in [3.8, 4) is 5.75 Å². The van der Waals surface area contributed by atoms with E-state index in [4.69, 9.17) is 4.74 Å². The third-order valence-corrected chi connectivity index (χ3v) is 4.06. The number of nitrogens with one attached hydrogen (secondary N) is 1. The monoisotopic (exact) mass is 329 g/mol. The molecular weight excluding hydrogens is 310 g/mol. The van der Waals surface area contributed by atoms with Crippen LogP contribution in [0.5, 0.6) is 5.75 Å². The van der Waals surface area contributed by atoms with Crippen LogP contribution in [0.2, 0.25) is 0 Å². The average molecular weight is 329 g/mol. The Labute approximate surface area is 139 Å². The molecule has 2 aliphatic heterocycles. The molecule has 1 N–H and O–H groups in total. The van der Waals surface area contributed by atoms with Crippen molar-refractivity contribution in [3.05, 3.63) is 18.2 Å². The quantitative estimate of drug-likeness (QED) is 0.860. The molecule has 0 unspecified atom stereocenters. The number of likely N-dealkylation sites (tertiary alicyclic amines) is 1. The van der Waals surface area contributed by atoms with Crippen LogP contribution in [0, 0.1) is 0 Å². The highest BCUT2D eigenvalue weighted by atomic mass is 16.5. The number of carbonyl (C=O) groups excluding carboxylic acids is 3. The van der Waals surface area contributed by atoms with Crippen LogP contribution in [-0.4, -0.2) is 40.5 Å². The molecule has 1 fully saturated rings. The van der Waals surface area contributed by atoms with Gasteiger partial charge < -0.3 is 10.1 Å². The maximum absolute atomic E-state index is 11.9. The summed E-state index contributed by atoms with van der Waals surface area (Å²) >= 11 is 0. The van der Waals surface area contributed by atoms with Gasteiger partial charge >= 0.3 is 0 Å². The molecule has 0 saturated carbocycles. The maximum atomic E-state index is 11.9. The van der Waals surface area contributed by atoms with Crippen LogP contribution in [0.25, 0.3) is 0 Å². The minimum absolute atomic E-state index is 0.120. The molecule has 2 heterocycles. The predicted octanol–water partition coefficient (Wildman–Crippen LogP) is 2.04. The lowest BCUT2D eigenvalue weighted by atomic mass is 9.99. The fourth-order valence-electron chi connectivity index (χ4n) is 2.76. The average Bonchev–Trinajstić information content (AvgIpc) is 2.79. The number of benzene rings is 1. The summed E-state index contributed by atoms with van der Waals surface area (Å²) in [6, 6.07) is 5.19. The number of nitrogens with zero attached hydrogens (tertiary/aromatic N) is 2. The molecule has 7 heteroatoms. The van der Waals surface area contributed by atoms with Gasteiger partial charge in [-0.15, -0.1) is 0 Å². The Kier molecular flexibility index (Phi) is 3.87. The van der Waals surface area contributed by atoms with Crippen molar-refractivity contribution in [2.24, 2.45) is 4.99 Å². The Hall–Kier alpha value is -2.70. The Morgan fingerprint density at radius 1 is 1.29 bits per heavy atom. The summed E-state index contributed by atoms with van der Waals surface area (Å²) in [7, 11) is 0. The molecule has 1 saturated heterocycles. The van der Waals surface area contributed by atoms with Gasteiger partial charge in [-0.1, -0.05) is 0 Å². The summed E-state index contributed by atoms with van der Waals surface area (Å²) in [6.07, 6.45) is 0.493. The first-order chi connectivity index (χ1) is 11.3. The number of anilines is 1. The van der Waals surface area contributed by atoms with Gasteiger partial charge in [0.2, 0.25) is 17.7 Å². The number of fused-ring (bicyclic) bond motifs is 1. The van der Waals surface area contributed by atoms with Gasteiger partial charge in [-0.2, -0.15) is 0 Å². The highest BCUT2D eigenvalue weighted by Gasteiger charge is 2.37. The van der Waals surface area contributed by atoms with E-state index in [9.17, 15) is 14.4 Å². The standard InChI is InChI=1S/C17H19N3O4/c1-10(21)18-11-4-5-13-12(8-11)19-14(17(2,3)24-13)9-20-15(22)6-7-16(20)23/h4-5,8H,6-7,9H2,1-3H3,(H,18,21). The van der Waals surface area contributed by atoms with Crippen molar-refractivity contribution < 1.29 is 19.1 Å². The zero-order chi connectivity index (χ0) is 17.5. The topological polar surface area (TPSA) is 88.1 Å². The maximum Gasteiger partial charge on any atom is 0.230 e. The van der Waals surface area contributed by atoms with Crippen molar-refractivity contribution in [3.63, 3.8) is 0 Å². The van der Waals surface area contributed by atoms with Crippen LogP contribution in [0.1, 0.15) is 33.6 Å². The molecule has 1 aromatic carbocycles. The Morgan fingerprint density at radius 2 is 1.96 bits per heavy atom. The number of amides is 3. The van der Waals surface area contributed by atoms with Gasteiger partial charge in [0.05, 0.1) is 12.3 Å². The first-order valence-corrected chi connectivity index (χ1v) is 7.78. The van der Waals surface area contributed by atoms with E-state index in [1.807, 2.05) is 13.8 Å². The van der Waals surface area contributed by atoms with Gasteiger partial charge in [-0.3, -0.25) is 19.3 Å². The van der Waals surface area contributed by atoms with Gasteiger partial charge in [0.1, 0.15) is 17.0 Å². The van der Waals surface area contributed by atoms with E-state index < -0.39 is 5.60 Å². The Bertz CT molecular complexity index is 751. The molecule has 7 nitrogen and oxygen atoms in total. The highest BCUT2D eigenvalue weighted by molar-refractivity contribution is 6.08. The SMILES string of the molecule is CC(=O)Nc1ccc2c(c1)N=C(CN1C(=O)CCC1=O)C(C)(C)O2. The zero-order valence-electron chi connectivity index (χ0n) is 13.9. The zero-order valence-corrected chi connectivity index (χ0v) is 13.9. The van der Waals surface area contributed by atoms with E-state index >= 15 is 0 Å². The van der Waals surface area contributed by atoms with E-state index in [1.54, 1.807) is 18.2 Å². The molecule has 1 aromatic rings. The number of ether oxygens (including phenoxy) is 1. The first kappa shape index (κ1) is 16.2. The number of aliphatic imine (C=N–C) groups is 1. The minimum Gasteiger partial charge on any atom is -0.480 e. The van der Waals surface area contributed by atoms with Gasteiger partial charge in [0.15, 0.2) is 0 Å². The Morgan fingerprint density at radius 3 is 2.58 bits per heavy atom. The lowest BCUT2D eigenvalue weighted by molar-refractivity contribution is -0.137. The number of hydrogen-bond acceptors (Lipinski definition) is 5. The van der Waals surface area contributed by atoms with E-state index in [-0.39, 0.29) is 37.1 Å². The van der Waals surface area contributed by atoms with Gasteiger partial charge in [0, 0.05) is 25.5 Å². The second-order valence-corrected chi connectivity index (χ2v) is 6.41. The number of carbonyl (C=O) groups is 3.